The van der Waals surface area contributed by atoms with E-state index in [4.69, 9.17) is 5.73 Å². The highest BCUT2D eigenvalue weighted by Gasteiger charge is 2.03. The van der Waals surface area contributed by atoms with Crippen molar-refractivity contribution in [2.45, 2.75) is 6.54 Å². The minimum Gasteiger partial charge on any atom is -0.394 e. The van der Waals surface area contributed by atoms with Crippen molar-refractivity contribution in [3.8, 4) is 0 Å². The molecule has 2 rings (SSSR count). The second-order valence-electron chi connectivity index (χ2n) is 3.67. The molecular weight excluding hydrogens is 287 g/mol. The smallest absolute Gasteiger partial charge is 0.204 e. The summed E-state index contributed by atoms with van der Waals surface area (Å²) in [5.74, 6) is -0.295. The van der Waals surface area contributed by atoms with Gasteiger partial charge in [-0.15, -0.1) is 0 Å². The molecule has 0 spiro atoms. The zero-order chi connectivity index (χ0) is 12.4. The first-order chi connectivity index (χ1) is 8.06. The molecule has 0 unspecified atom stereocenters. The van der Waals surface area contributed by atoms with Gasteiger partial charge in [0.15, 0.2) is 0 Å². The first-order valence-electron chi connectivity index (χ1n) is 4.96. The van der Waals surface area contributed by atoms with Crippen LogP contribution in [0, 0.1) is 5.82 Å². The monoisotopic (exact) mass is 296 g/mol. The van der Waals surface area contributed by atoms with Gasteiger partial charge < -0.3 is 10.3 Å². The zero-order valence-corrected chi connectivity index (χ0v) is 10.4. The molecule has 2 N–H and O–H groups in total. The fourth-order valence-corrected chi connectivity index (χ4v) is 1.82. The molecule has 5 heteroatoms. The van der Waals surface area contributed by atoms with E-state index in [0.29, 0.717) is 16.6 Å². The van der Waals surface area contributed by atoms with Crippen LogP contribution >= 0.6 is 15.9 Å². The van der Waals surface area contributed by atoms with Gasteiger partial charge in [-0.25, -0.2) is 4.39 Å². The molecule has 0 saturated carbocycles. The molecule has 0 aliphatic heterocycles. The Labute approximate surface area is 106 Å². The molecule has 2 aromatic rings. The number of nitrogens with two attached hydrogens (primary N) is 1. The molecule has 1 aromatic heterocycles. The van der Waals surface area contributed by atoms with Gasteiger partial charge in [-0.3, -0.25) is 4.79 Å². The van der Waals surface area contributed by atoms with Crippen LogP contribution in [-0.4, -0.2) is 4.57 Å². The highest BCUT2D eigenvalue weighted by atomic mass is 79.9. The Bertz CT molecular complexity index is 610. The number of pyridine rings is 1. The average molecular weight is 297 g/mol. The molecule has 3 nitrogen and oxygen atoms in total. The molecule has 1 aromatic carbocycles. The molecule has 17 heavy (non-hydrogen) atoms. The van der Waals surface area contributed by atoms with Crippen LogP contribution in [0.1, 0.15) is 5.56 Å². The van der Waals surface area contributed by atoms with Crippen LogP contribution in [-0.2, 0) is 6.54 Å². The maximum absolute atomic E-state index is 13.6. The van der Waals surface area contributed by atoms with Gasteiger partial charge in [0.25, 0.3) is 0 Å². The van der Waals surface area contributed by atoms with E-state index in [1.807, 2.05) is 0 Å². The van der Waals surface area contributed by atoms with Crippen LogP contribution in [0.4, 0.5) is 10.1 Å². The van der Waals surface area contributed by atoms with Gasteiger partial charge in [-0.05, 0) is 12.1 Å². The Hall–Kier alpha value is -1.62. The summed E-state index contributed by atoms with van der Waals surface area (Å²) in [6.07, 6.45) is 3.09. The second-order valence-corrected chi connectivity index (χ2v) is 4.59. The summed E-state index contributed by atoms with van der Waals surface area (Å²) < 4.78 is 15.9. The van der Waals surface area contributed by atoms with Crippen LogP contribution in [0.25, 0.3) is 0 Å². The second kappa shape index (κ2) is 4.71. The summed E-state index contributed by atoms with van der Waals surface area (Å²) in [5.41, 5.74) is 5.97. The minimum absolute atomic E-state index is 0.157. The molecule has 0 bridgehead atoms. The molecule has 0 aliphatic carbocycles. The maximum atomic E-state index is 13.6. The topological polar surface area (TPSA) is 48.0 Å². The van der Waals surface area contributed by atoms with Crippen molar-refractivity contribution < 1.29 is 4.39 Å². The number of anilines is 1. The number of benzene rings is 1. The van der Waals surface area contributed by atoms with Crippen LogP contribution in [0.3, 0.4) is 0 Å². The summed E-state index contributed by atoms with van der Waals surface area (Å²) in [5, 5.41) is 0. The molecule has 0 radical (unpaired) electrons. The summed E-state index contributed by atoms with van der Waals surface area (Å²) in [4.78, 5) is 11.1. The van der Waals surface area contributed by atoms with Gasteiger partial charge in [0, 0.05) is 35.0 Å². The summed E-state index contributed by atoms with van der Waals surface area (Å²) in [6.45, 7) is 0.337. The van der Waals surface area contributed by atoms with Crippen molar-refractivity contribution in [2.75, 3.05) is 5.73 Å². The van der Waals surface area contributed by atoms with Gasteiger partial charge >= 0.3 is 0 Å². The van der Waals surface area contributed by atoms with Crippen molar-refractivity contribution in [2.24, 2.45) is 0 Å². The Morgan fingerprint density at radius 1 is 1.35 bits per heavy atom. The lowest BCUT2D eigenvalue weighted by atomic mass is 10.2. The summed E-state index contributed by atoms with van der Waals surface area (Å²) in [7, 11) is 0. The highest BCUT2D eigenvalue weighted by molar-refractivity contribution is 9.10. The standard InChI is InChI=1S/C12H10BrFN2O/c13-9-2-1-8(10(14)5-9)6-16-4-3-12(17)11(15)7-16/h1-5,7H,6,15H2. The highest BCUT2D eigenvalue weighted by Crippen LogP contribution is 2.16. The number of hydrogen-bond donors (Lipinski definition) is 1. The number of nitrogen functional groups attached to an aromatic ring is 1. The van der Waals surface area contributed by atoms with Gasteiger partial charge in [0.05, 0.1) is 5.69 Å². The average Bonchev–Trinajstić information content (AvgIpc) is 2.27. The minimum atomic E-state index is -0.295. The van der Waals surface area contributed by atoms with Crippen molar-refractivity contribution in [1.82, 2.24) is 4.57 Å². The molecule has 1 heterocycles. The van der Waals surface area contributed by atoms with Gasteiger partial charge in [0.1, 0.15) is 5.82 Å². The fraction of sp³-hybridized carbons (Fsp3) is 0.0833. The van der Waals surface area contributed by atoms with Gasteiger partial charge in [-0.1, -0.05) is 22.0 Å². The third-order valence-corrected chi connectivity index (χ3v) is 2.87. The van der Waals surface area contributed by atoms with Crippen LogP contribution in [0.2, 0.25) is 0 Å². The Kier molecular flexibility index (Phi) is 3.28. The van der Waals surface area contributed by atoms with E-state index in [1.165, 1.54) is 18.3 Å². The lowest BCUT2D eigenvalue weighted by molar-refractivity contribution is 0.598. The molecule has 0 atom stereocenters. The number of aromatic nitrogens is 1. The predicted octanol–water partition coefficient (Wildman–Crippen LogP) is 2.38. The first-order valence-corrected chi connectivity index (χ1v) is 5.75. The normalized spacial score (nSPS) is 10.5. The van der Waals surface area contributed by atoms with E-state index in [0.717, 1.165) is 0 Å². The van der Waals surface area contributed by atoms with E-state index in [-0.39, 0.29) is 16.9 Å². The first kappa shape index (κ1) is 11.9. The quantitative estimate of drug-likeness (QED) is 0.925. The molecule has 0 amide bonds. The zero-order valence-electron chi connectivity index (χ0n) is 8.86. The van der Waals surface area contributed by atoms with Crippen LogP contribution in [0.5, 0.6) is 0 Å². The summed E-state index contributed by atoms with van der Waals surface area (Å²) in [6, 6.07) is 6.23. The van der Waals surface area contributed by atoms with E-state index in [9.17, 15) is 9.18 Å². The third-order valence-electron chi connectivity index (χ3n) is 2.37. The SMILES string of the molecule is Nc1cn(Cc2ccc(Br)cc2F)ccc1=O. The Morgan fingerprint density at radius 2 is 2.12 bits per heavy atom. The molecule has 88 valence electrons. The van der Waals surface area contributed by atoms with Crippen LogP contribution < -0.4 is 11.2 Å². The number of hydrogen-bond acceptors (Lipinski definition) is 2. The predicted molar refractivity (Wildman–Crippen MR) is 68.3 cm³/mol. The lowest BCUT2D eigenvalue weighted by Gasteiger charge is -2.08. The third kappa shape index (κ3) is 2.74. The van der Waals surface area contributed by atoms with E-state index < -0.39 is 0 Å². The van der Waals surface area contributed by atoms with Crippen molar-refractivity contribution in [3.63, 3.8) is 0 Å². The van der Waals surface area contributed by atoms with Crippen molar-refractivity contribution in [1.29, 1.82) is 0 Å². The Balaban J connectivity index is 2.31. The Morgan fingerprint density at radius 3 is 2.76 bits per heavy atom. The van der Waals surface area contributed by atoms with E-state index in [1.54, 1.807) is 22.9 Å². The molecular formula is C12H10BrFN2O. The largest absolute Gasteiger partial charge is 0.394 e. The summed E-state index contributed by atoms with van der Waals surface area (Å²) >= 11 is 3.19. The van der Waals surface area contributed by atoms with Crippen LogP contribution in [0.15, 0.2) is 45.9 Å². The van der Waals surface area contributed by atoms with Gasteiger partial charge in [-0.2, -0.15) is 0 Å². The van der Waals surface area contributed by atoms with Crippen molar-refractivity contribution in [3.05, 3.63) is 62.7 Å². The molecule has 0 fully saturated rings. The molecule has 0 aliphatic rings. The molecule has 0 saturated heterocycles. The maximum Gasteiger partial charge on any atom is 0.204 e. The van der Waals surface area contributed by atoms with Gasteiger partial charge in [0.2, 0.25) is 5.43 Å². The lowest BCUT2D eigenvalue weighted by Crippen LogP contribution is -2.11. The fourth-order valence-electron chi connectivity index (χ4n) is 1.49. The van der Waals surface area contributed by atoms with Crippen molar-refractivity contribution >= 4 is 21.6 Å². The number of nitrogens with zero attached hydrogens (tertiary/aromatic N) is 1. The number of halogens is 2. The van der Waals surface area contributed by atoms with E-state index in [2.05, 4.69) is 15.9 Å². The van der Waals surface area contributed by atoms with E-state index >= 15 is 0 Å². The number of rotatable bonds is 2.